The molecule has 3 fully saturated rings. The molecule has 0 radical (unpaired) electrons. The van der Waals surface area contributed by atoms with Crippen molar-refractivity contribution < 1.29 is 24.2 Å². The van der Waals surface area contributed by atoms with Crippen LogP contribution in [0, 0.1) is 0 Å². The van der Waals surface area contributed by atoms with Crippen molar-refractivity contribution in [1.82, 2.24) is 15.1 Å². The van der Waals surface area contributed by atoms with E-state index in [2.05, 4.69) is 10.2 Å². The minimum absolute atomic E-state index is 0.0368. The third kappa shape index (κ3) is 5.93. The van der Waals surface area contributed by atoms with Crippen LogP contribution in [-0.2, 0) is 19.1 Å². The monoisotopic (exact) mass is 437 g/mol. The van der Waals surface area contributed by atoms with Crippen LogP contribution in [0.4, 0.5) is 0 Å². The standard InChI is InChI=1S/C20H26ClN3O3.CH2O2/c21-15-5-3-14(4-6-15)18-12-24-11-16(10-17(24)13-27-18)22-19(25)7-9-23-8-1-2-20(23)26;2-1-3/h3-6,16-18H,1-2,7-13H2,(H,22,25);1H,(H,2,3)/t16-,17+,18-;/m1./s1. The Bertz CT molecular complexity index is 745. The van der Waals surface area contributed by atoms with E-state index in [0.29, 0.717) is 32.0 Å². The molecule has 3 aliphatic heterocycles. The molecule has 0 unspecified atom stereocenters. The largest absolute Gasteiger partial charge is 0.483 e. The van der Waals surface area contributed by atoms with Crippen LogP contribution < -0.4 is 5.32 Å². The second-order valence-electron chi connectivity index (χ2n) is 7.82. The van der Waals surface area contributed by atoms with Gasteiger partial charge in [-0.05, 0) is 30.5 Å². The minimum Gasteiger partial charge on any atom is -0.483 e. The van der Waals surface area contributed by atoms with Crippen molar-refractivity contribution in [1.29, 1.82) is 0 Å². The molecule has 3 saturated heterocycles. The normalized spacial score (nSPS) is 26.0. The van der Waals surface area contributed by atoms with Gasteiger partial charge in [0.05, 0.1) is 12.7 Å². The van der Waals surface area contributed by atoms with Gasteiger partial charge in [-0.3, -0.25) is 19.3 Å². The number of benzene rings is 1. The number of carboxylic acid groups (broad SMARTS) is 1. The Morgan fingerprint density at radius 1 is 1.30 bits per heavy atom. The number of rotatable bonds is 5. The Labute approximate surface area is 181 Å². The molecule has 3 heterocycles. The van der Waals surface area contributed by atoms with Crippen LogP contribution in [-0.4, -0.2) is 78.1 Å². The molecule has 0 spiro atoms. The van der Waals surface area contributed by atoms with Crippen molar-refractivity contribution in [2.45, 2.75) is 43.9 Å². The number of halogens is 1. The molecule has 0 aliphatic carbocycles. The number of nitrogens with zero attached hydrogens (tertiary/aromatic N) is 2. The highest BCUT2D eigenvalue weighted by molar-refractivity contribution is 6.30. The number of carbonyl (C=O) groups is 3. The molecule has 0 saturated carbocycles. The third-order valence-electron chi connectivity index (χ3n) is 5.81. The van der Waals surface area contributed by atoms with Gasteiger partial charge in [-0.15, -0.1) is 0 Å². The van der Waals surface area contributed by atoms with Crippen LogP contribution in [0.1, 0.15) is 37.4 Å². The van der Waals surface area contributed by atoms with E-state index in [0.717, 1.165) is 43.1 Å². The Morgan fingerprint density at radius 2 is 2.03 bits per heavy atom. The Kier molecular flexibility index (Phi) is 8.07. The summed E-state index contributed by atoms with van der Waals surface area (Å²) in [6.45, 7) is 3.44. The van der Waals surface area contributed by atoms with E-state index in [1.165, 1.54) is 0 Å². The maximum absolute atomic E-state index is 12.3. The summed E-state index contributed by atoms with van der Waals surface area (Å²) in [5.74, 6) is 0.209. The average molecular weight is 438 g/mol. The van der Waals surface area contributed by atoms with Gasteiger partial charge in [0.25, 0.3) is 6.47 Å². The lowest BCUT2D eigenvalue weighted by Gasteiger charge is -2.35. The lowest BCUT2D eigenvalue weighted by Crippen LogP contribution is -2.43. The van der Waals surface area contributed by atoms with E-state index in [-0.39, 0.29) is 30.4 Å². The minimum atomic E-state index is -0.250. The van der Waals surface area contributed by atoms with Crippen LogP contribution in [0.15, 0.2) is 24.3 Å². The smallest absolute Gasteiger partial charge is 0.290 e. The first-order chi connectivity index (χ1) is 14.5. The zero-order valence-electron chi connectivity index (χ0n) is 16.8. The summed E-state index contributed by atoms with van der Waals surface area (Å²) in [7, 11) is 0. The molecule has 9 heteroatoms. The number of hydrogen-bond acceptors (Lipinski definition) is 5. The third-order valence-corrected chi connectivity index (χ3v) is 6.06. The number of likely N-dealkylation sites (tertiary alicyclic amines) is 1. The second-order valence-corrected chi connectivity index (χ2v) is 8.26. The summed E-state index contributed by atoms with van der Waals surface area (Å²) in [5.41, 5.74) is 1.14. The van der Waals surface area contributed by atoms with Gasteiger partial charge in [-0.25, -0.2) is 0 Å². The van der Waals surface area contributed by atoms with E-state index in [9.17, 15) is 9.59 Å². The Balaban J connectivity index is 0.000000806. The van der Waals surface area contributed by atoms with Gasteiger partial charge in [0, 0.05) is 56.1 Å². The molecule has 0 bridgehead atoms. The predicted molar refractivity (Wildman–Crippen MR) is 111 cm³/mol. The fourth-order valence-corrected chi connectivity index (χ4v) is 4.46. The van der Waals surface area contributed by atoms with Crippen molar-refractivity contribution in [2.24, 2.45) is 0 Å². The summed E-state index contributed by atoms with van der Waals surface area (Å²) < 4.78 is 6.06. The van der Waals surface area contributed by atoms with Crippen LogP contribution in [0.25, 0.3) is 0 Å². The lowest BCUT2D eigenvalue weighted by atomic mass is 10.1. The van der Waals surface area contributed by atoms with Crippen molar-refractivity contribution >= 4 is 29.9 Å². The van der Waals surface area contributed by atoms with Crippen LogP contribution in [0.3, 0.4) is 0 Å². The van der Waals surface area contributed by atoms with E-state index >= 15 is 0 Å². The molecule has 164 valence electrons. The molecule has 8 nitrogen and oxygen atoms in total. The van der Waals surface area contributed by atoms with Gasteiger partial charge in [0.2, 0.25) is 11.8 Å². The number of hydrogen-bond donors (Lipinski definition) is 2. The summed E-state index contributed by atoms with van der Waals surface area (Å²) >= 11 is 5.97. The van der Waals surface area contributed by atoms with Gasteiger partial charge in [-0.1, -0.05) is 23.7 Å². The first-order valence-corrected chi connectivity index (χ1v) is 10.6. The number of fused-ring (bicyclic) bond motifs is 1. The Hall–Kier alpha value is -2.16. The lowest BCUT2D eigenvalue weighted by molar-refractivity contribution is -0.128. The quantitative estimate of drug-likeness (QED) is 0.680. The predicted octanol–water partition coefficient (Wildman–Crippen LogP) is 1.68. The zero-order chi connectivity index (χ0) is 21.5. The SMILES string of the molecule is O=C(CCN1CCCC1=O)N[C@@H]1C[C@H]2CO[C@@H](c3ccc(Cl)cc3)CN2C1.O=CO. The van der Waals surface area contributed by atoms with Crippen molar-refractivity contribution in [3.05, 3.63) is 34.9 Å². The Morgan fingerprint density at radius 3 is 2.70 bits per heavy atom. The molecule has 4 rings (SSSR count). The molecule has 1 aromatic rings. The molecule has 2 N–H and O–H groups in total. The topological polar surface area (TPSA) is 99.2 Å². The van der Waals surface area contributed by atoms with Gasteiger partial charge >= 0.3 is 0 Å². The van der Waals surface area contributed by atoms with Crippen LogP contribution in [0.5, 0.6) is 0 Å². The number of amides is 2. The second kappa shape index (κ2) is 10.7. The zero-order valence-corrected chi connectivity index (χ0v) is 17.6. The average Bonchev–Trinajstić information content (AvgIpc) is 3.32. The van der Waals surface area contributed by atoms with Gasteiger partial charge < -0.3 is 20.1 Å². The molecule has 3 aliphatic rings. The van der Waals surface area contributed by atoms with Crippen molar-refractivity contribution in [2.75, 3.05) is 32.8 Å². The molecular weight excluding hydrogens is 410 g/mol. The molecule has 30 heavy (non-hydrogen) atoms. The van der Waals surface area contributed by atoms with Gasteiger partial charge in [0.15, 0.2) is 0 Å². The van der Waals surface area contributed by atoms with Gasteiger partial charge in [0.1, 0.15) is 0 Å². The highest BCUT2D eigenvalue weighted by Crippen LogP contribution is 2.30. The summed E-state index contributed by atoms with van der Waals surface area (Å²) in [5, 5.41) is 10.8. The fraction of sp³-hybridized carbons (Fsp3) is 0.571. The molecule has 3 atom stereocenters. The van der Waals surface area contributed by atoms with E-state index in [1.54, 1.807) is 4.90 Å². The number of nitrogens with one attached hydrogen (secondary N) is 1. The molecule has 1 aromatic carbocycles. The van der Waals surface area contributed by atoms with Crippen LogP contribution >= 0.6 is 11.6 Å². The van der Waals surface area contributed by atoms with Gasteiger partial charge in [-0.2, -0.15) is 0 Å². The van der Waals surface area contributed by atoms with Crippen LogP contribution in [0.2, 0.25) is 5.02 Å². The summed E-state index contributed by atoms with van der Waals surface area (Å²) in [4.78, 5) is 36.5. The maximum Gasteiger partial charge on any atom is 0.290 e. The number of carbonyl (C=O) groups excluding carboxylic acids is 2. The number of ether oxygens (including phenoxy) is 1. The molecular formula is C21H28ClN3O5. The van der Waals surface area contributed by atoms with E-state index in [4.69, 9.17) is 26.2 Å². The first kappa shape index (κ1) is 22.5. The molecule has 0 aromatic heterocycles. The molecule has 2 amide bonds. The van der Waals surface area contributed by atoms with Crippen molar-refractivity contribution in [3.63, 3.8) is 0 Å². The highest BCUT2D eigenvalue weighted by atomic mass is 35.5. The first-order valence-electron chi connectivity index (χ1n) is 10.3. The van der Waals surface area contributed by atoms with Crippen molar-refractivity contribution in [3.8, 4) is 0 Å². The summed E-state index contributed by atoms with van der Waals surface area (Å²) in [6, 6.07) is 8.34. The van der Waals surface area contributed by atoms with E-state index < -0.39 is 0 Å². The number of morpholine rings is 1. The summed E-state index contributed by atoms with van der Waals surface area (Å²) in [6.07, 6.45) is 2.89. The maximum atomic E-state index is 12.3. The fourth-order valence-electron chi connectivity index (χ4n) is 4.33. The highest BCUT2D eigenvalue weighted by Gasteiger charge is 2.38. The van der Waals surface area contributed by atoms with E-state index in [1.807, 2.05) is 24.3 Å².